The molecular weight excluding hydrogens is 538 g/mol. The number of carbonyl (C=O) groups is 1. The Morgan fingerprint density at radius 2 is 1.62 bits per heavy atom. The number of likely N-dealkylation sites (tertiary alicyclic amines) is 2. The number of imidazole rings is 1. The van der Waals surface area contributed by atoms with Crippen molar-refractivity contribution in [1.82, 2.24) is 28.9 Å². The highest BCUT2D eigenvalue weighted by Gasteiger charge is 2.33. The van der Waals surface area contributed by atoms with Crippen LogP contribution in [0.5, 0.6) is 0 Å². The summed E-state index contributed by atoms with van der Waals surface area (Å²) in [6, 6.07) is 8.02. The Balaban J connectivity index is 1.30. The van der Waals surface area contributed by atoms with Crippen LogP contribution in [0.25, 0.3) is 16.9 Å². The number of hydrogen-bond acceptors (Lipinski definition) is 7. The number of nitrogen functional groups attached to an aromatic ring is 1. The third-order valence-corrected chi connectivity index (χ3v) is 7.79. The van der Waals surface area contributed by atoms with Crippen LogP contribution < -0.4 is 11.4 Å². The molecule has 2 aromatic heterocycles. The number of hydrogen-bond donors (Lipinski definition) is 1. The lowest BCUT2D eigenvalue weighted by molar-refractivity contribution is 0.0120. The number of ether oxygens (including phenoxy) is 1. The van der Waals surface area contributed by atoms with Gasteiger partial charge in [-0.1, -0.05) is 15.9 Å². The maximum atomic E-state index is 13.7. The van der Waals surface area contributed by atoms with E-state index < -0.39 is 5.60 Å². The number of fused-ring (bicyclic) bond motifs is 1. The van der Waals surface area contributed by atoms with Gasteiger partial charge < -0.3 is 20.3 Å². The van der Waals surface area contributed by atoms with Crippen LogP contribution in [0, 0.1) is 0 Å². The van der Waals surface area contributed by atoms with E-state index in [2.05, 4.69) is 30.8 Å². The fourth-order valence-corrected chi connectivity index (χ4v) is 5.74. The molecule has 0 unspecified atom stereocenters. The van der Waals surface area contributed by atoms with E-state index in [-0.39, 0.29) is 23.6 Å². The summed E-state index contributed by atoms with van der Waals surface area (Å²) in [5, 5.41) is 0. The van der Waals surface area contributed by atoms with E-state index in [0.29, 0.717) is 30.3 Å². The van der Waals surface area contributed by atoms with E-state index in [1.54, 1.807) is 9.13 Å². The third-order valence-electron chi connectivity index (χ3n) is 7.26. The molecule has 37 heavy (non-hydrogen) atoms. The van der Waals surface area contributed by atoms with Gasteiger partial charge in [0, 0.05) is 42.7 Å². The molecule has 0 atom stereocenters. The van der Waals surface area contributed by atoms with E-state index >= 15 is 0 Å². The van der Waals surface area contributed by atoms with Gasteiger partial charge in [0.2, 0.25) is 0 Å². The number of piperidine rings is 2. The van der Waals surface area contributed by atoms with E-state index in [0.717, 1.165) is 48.9 Å². The molecule has 0 bridgehead atoms. The molecule has 198 valence electrons. The van der Waals surface area contributed by atoms with Crippen LogP contribution >= 0.6 is 15.9 Å². The Labute approximate surface area is 224 Å². The normalized spacial score (nSPS) is 18.4. The SMILES string of the molecule is CC(C)(C)OC(=O)N1CCC(N2CCC(n3c(=O)n(-c4ccc(Br)cc4)c4c(N)ncnc43)CC2)CC1. The number of halogens is 1. The Hall–Kier alpha value is -2.92. The maximum Gasteiger partial charge on any atom is 0.410 e. The summed E-state index contributed by atoms with van der Waals surface area (Å²) in [4.78, 5) is 39.1. The first kappa shape index (κ1) is 25.7. The lowest BCUT2D eigenvalue weighted by Gasteiger charge is -2.42. The fraction of sp³-hybridized carbons (Fsp3) is 0.538. The largest absolute Gasteiger partial charge is 0.444 e. The number of nitrogens with zero attached hydrogens (tertiary/aromatic N) is 6. The van der Waals surface area contributed by atoms with E-state index in [9.17, 15) is 9.59 Å². The minimum absolute atomic E-state index is 0.0269. The van der Waals surface area contributed by atoms with Gasteiger partial charge in [-0.05, 0) is 70.7 Å². The van der Waals surface area contributed by atoms with Gasteiger partial charge in [0.05, 0.1) is 5.69 Å². The lowest BCUT2D eigenvalue weighted by Crippen LogP contribution is -2.50. The second kappa shape index (κ2) is 10.1. The van der Waals surface area contributed by atoms with Crippen molar-refractivity contribution in [3.63, 3.8) is 0 Å². The molecule has 2 aliphatic rings. The first-order valence-corrected chi connectivity index (χ1v) is 13.6. The summed E-state index contributed by atoms with van der Waals surface area (Å²) < 4.78 is 9.89. The zero-order valence-electron chi connectivity index (χ0n) is 21.6. The number of amides is 1. The van der Waals surface area contributed by atoms with Crippen molar-refractivity contribution in [3.8, 4) is 5.69 Å². The molecule has 2 aliphatic heterocycles. The first-order valence-electron chi connectivity index (χ1n) is 12.8. The summed E-state index contributed by atoms with van der Waals surface area (Å²) in [7, 11) is 0. The van der Waals surface area contributed by atoms with Gasteiger partial charge in [-0.3, -0.25) is 9.13 Å². The lowest BCUT2D eigenvalue weighted by atomic mass is 9.98. The molecule has 3 aromatic rings. The first-order chi connectivity index (χ1) is 17.6. The zero-order chi connectivity index (χ0) is 26.3. The van der Waals surface area contributed by atoms with E-state index in [1.165, 1.54) is 6.33 Å². The highest BCUT2D eigenvalue weighted by atomic mass is 79.9. The van der Waals surface area contributed by atoms with Gasteiger partial charge in [0.25, 0.3) is 0 Å². The molecule has 1 amide bonds. The molecule has 11 heteroatoms. The zero-order valence-corrected chi connectivity index (χ0v) is 23.1. The van der Waals surface area contributed by atoms with Crippen LogP contribution in [0.2, 0.25) is 0 Å². The maximum absolute atomic E-state index is 13.7. The average molecular weight is 573 g/mol. The van der Waals surface area contributed by atoms with Gasteiger partial charge in [-0.2, -0.15) is 0 Å². The summed E-state index contributed by atoms with van der Waals surface area (Å²) in [6.45, 7) is 8.86. The monoisotopic (exact) mass is 571 g/mol. The van der Waals surface area contributed by atoms with E-state index in [1.807, 2.05) is 49.9 Å². The topological polar surface area (TPSA) is 112 Å². The molecule has 0 spiro atoms. The molecule has 4 heterocycles. The highest BCUT2D eigenvalue weighted by Crippen LogP contribution is 2.30. The summed E-state index contributed by atoms with van der Waals surface area (Å²) in [5.41, 5.74) is 7.47. The van der Waals surface area contributed by atoms with Crippen LogP contribution in [0.4, 0.5) is 10.6 Å². The third kappa shape index (κ3) is 5.24. The molecule has 2 N–H and O–H groups in total. The standard InChI is InChI=1S/C26H34BrN7O3/c1-26(2,3)37-25(36)32-14-8-18(9-15-32)31-12-10-20(11-13-31)34-23-21(22(28)29-16-30-23)33(24(34)35)19-6-4-17(27)5-7-19/h4-7,16,18,20H,8-15H2,1-3H3,(H2,28,29,30). The van der Waals surface area contributed by atoms with Crippen LogP contribution in [0.3, 0.4) is 0 Å². The number of aromatic nitrogens is 4. The number of rotatable bonds is 3. The van der Waals surface area contributed by atoms with Crippen LogP contribution in [-0.4, -0.2) is 72.8 Å². The predicted molar refractivity (Wildman–Crippen MR) is 146 cm³/mol. The molecule has 2 saturated heterocycles. The van der Waals surface area contributed by atoms with Gasteiger partial charge >= 0.3 is 11.8 Å². The number of benzene rings is 1. The van der Waals surface area contributed by atoms with Crippen molar-refractivity contribution in [2.24, 2.45) is 0 Å². The molecule has 10 nitrogen and oxygen atoms in total. The Kier molecular flexibility index (Phi) is 7.01. The van der Waals surface area contributed by atoms with Crippen molar-refractivity contribution >= 4 is 39.0 Å². The second-order valence-corrected chi connectivity index (χ2v) is 11.8. The molecule has 2 fully saturated rings. The molecule has 5 rings (SSSR count). The molecule has 1 aromatic carbocycles. The van der Waals surface area contributed by atoms with Crippen molar-refractivity contribution in [2.75, 3.05) is 31.9 Å². The second-order valence-electron chi connectivity index (χ2n) is 10.9. The minimum atomic E-state index is -0.482. The predicted octanol–water partition coefficient (Wildman–Crippen LogP) is 3.96. The van der Waals surface area contributed by atoms with Crippen LogP contribution in [-0.2, 0) is 4.74 Å². The molecule has 0 radical (unpaired) electrons. The smallest absolute Gasteiger partial charge is 0.410 e. The van der Waals surface area contributed by atoms with Gasteiger partial charge in [-0.25, -0.2) is 19.6 Å². The highest BCUT2D eigenvalue weighted by molar-refractivity contribution is 9.10. The minimum Gasteiger partial charge on any atom is -0.444 e. The summed E-state index contributed by atoms with van der Waals surface area (Å²) >= 11 is 3.46. The molecule has 0 saturated carbocycles. The Morgan fingerprint density at radius 3 is 2.24 bits per heavy atom. The molecular formula is C26H34BrN7O3. The number of carbonyl (C=O) groups excluding carboxylic acids is 1. The van der Waals surface area contributed by atoms with Crippen molar-refractivity contribution in [2.45, 2.75) is 64.1 Å². The summed E-state index contributed by atoms with van der Waals surface area (Å²) in [6.07, 6.45) is 4.73. The van der Waals surface area contributed by atoms with Crippen molar-refractivity contribution in [1.29, 1.82) is 0 Å². The Bertz CT molecular complexity index is 1330. The quantitative estimate of drug-likeness (QED) is 0.506. The fourth-order valence-electron chi connectivity index (χ4n) is 5.48. The number of nitrogens with two attached hydrogens (primary N) is 1. The molecule has 0 aliphatic carbocycles. The Morgan fingerprint density at radius 1 is 1.00 bits per heavy atom. The summed E-state index contributed by atoms with van der Waals surface area (Å²) in [5.74, 6) is 0.290. The van der Waals surface area contributed by atoms with E-state index in [4.69, 9.17) is 10.5 Å². The van der Waals surface area contributed by atoms with Crippen molar-refractivity contribution in [3.05, 3.63) is 45.5 Å². The van der Waals surface area contributed by atoms with Crippen LogP contribution in [0.1, 0.15) is 52.5 Å². The van der Waals surface area contributed by atoms with Crippen LogP contribution in [0.15, 0.2) is 39.9 Å². The van der Waals surface area contributed by atoms with Gasteiger partial charge in [-0.15, -0.1) is 0 Å². The average Bonchev–Trinajstić information content (AvgIpc) is 3.17. The number of anilines is 1. The van der Waals surface area contributed by atoms with Crippen molar-refractivity contribution < 1.29 is 9.53 Å². The van der Waals surface area contributed by atoms with Gasteiger partial charge in [0.1, 0.15) is 17.4 Å². The van der Waals surface area contributed by atoms with Gasteiger partial charge in [0.15, 0.2) is 11.5 Å².